The van der Waals surface area contributed by atoms with E-state index >= 15 is 0 Å². The van der Waals surface area contributed by atoms with Gasteiger partial charge in [-0.15, -0.1) is 0 Å². The van der Waals surface area contributed by atoms with Gasteiger partial charge in [-0.1, -0.05) is 70.7 Å². The van der Waals surface area contributed by atoms with Crippen molar-refractivity contribution in [3.63, 3.8) is 0 Å². The summed E-state index contributed by atoms with van der Waals surface area (Å²) in [6.45, 7) is 8.23. The molecule has 7 nitrogen and oxygen atoms in total. The zero-order chi connectivity index (χ0) is 29.8. The van der Waals surface area contributed by atoms with Gasteiger partial charge in [0.1, 0.15) is 12.6 Å². The lowest BCUT2D eigenvalue weighted by molar-refractivity contribution is -0.140. The van der Waals surface area contributed by atoms with E-state index in [1.807, 2.05) is 27.7 Å². The van der Waals surface area contributed by atoms with Crippen LogP contribution in [0.2, 0.25) is 15.1 Å². The van der Waals surface area contributed by atoms with Gasteiger partial charge in [0.15, 0.2) is 0 Å². The second-order valence-electron chi connectivity index (χ2n) is 10.4. The summed E-state index contributed by atoms with van der Waals surface area (Å²) in [6.07, 6.45) is 0. The van der Waals surface area contributed by atoms with Gasteiger partial charge in [0, 0.05) is 22.1 Å². The van der Waals surface area contributed by atoms with Crippen LogP contribution in [0.15, 0.2) is 71.6 Å². The number of anilines is 1. The van der Waals surface area contributed by atoms with Crippen molar-refractivity contribution in [2.75, 3.05) is 10.8 Å². The van der Waals surface area contributed by atoms with Crippen LogP contribution in [0.3, 0.4) is 0 Å². The fraction of sp³-hybridized carbons (Fsp3) is 0.310. The van der Waals surface area contributed by atoms with E-state index < -0.39 is 40.0 Å². The summed E-state index contributed by atoms with van der Waals surface area (Å²) in [5.41, 5.74) is 0.945. The maximum absolute atomic E-state index is 14.0. The smallest absolute Gasteiger partial charge is 0.264 e. The van der Waals surface area contributed by atoms with E-state index in [9.17, 15) is 18.0 Å². The molecule has 0 aliphatic carbocycles. The fourth-order valence-corrected chi connectivity index (χ4v) is 5.95. The Balaban J connectivity index is 2.09. The van der Waals surface area contributed by atoms with Crippen molar-refractivity contribution in [1.82, 2.24) is 10.2 Å². The first kappa shape index (κ1) is 31.7. The van der Waals surface area contributed by atoms with Crippen LogP contribution < -0.4 is 9.62 Å². The number of aryl methyl sites for hydroxylation is 1. The third kappa shape index (κ3) is 7.91. The Morgan fingerprint density at radius 3 is 2.15 bits per heavy atom. The van der Waals surface area contributed by atoms with Gasteiger partial charge in [-0.3, -0.25) is 13.9 Å². The van der Waals surface area contributed by atoms with E-state index in [1.165, 1.54) is 35.2 Å². The molecule has 11 heteroatoms. The van der Waals surface area contributed by atoms with Gasteiger partial charge in [0.25, 0.3) is 10.0 Å². The molecule has 0 saturated carbocycles. The molecule has 0 aliphatic rings. The molecule has 0 radical (unpaired) electrons. The number of benzene rings is 3. The molecule has 40 heavy (non-hydrogen) atoms. The summed E-state index contributed by atoms with van der Waals surface area (Å²) in [4.78, 5) is 28.5. The lowest BCUT2D eigenvalue weighted by atomic mass is 10.1. The van der Waals surface area contributed by atoms with Gasteiger partial charge < -0.3 is 10.2 Å². The lowest BCUT2D eigenvalue weighted by Crippen LogP contribution is -2.54. The number of halogens is 3. The summed E-state index contributed by atoms with van der Waals surface area (Å²) in [6, 6.07) is 16.6. The maximum Gasteiger partial charge on any atom is 0.264 e. The van der Waals surface area contributed by atoms with Crippen molar-refractivity contribution in [3.8, 4) is 0 Å². The van der Waals surface area contributed by atoms with Gasteiger partial charge in [-0.25, -0.2) is 8.42 Å². The topological polar surface area (TPSA) is 86.8 Å². The molecular weight excluding hydrogens is 593 g/mol. The van der Waals surface area contributed by atoms with E-state index in [0.717, 1.165) is 9.87 Å². The molecule has 0 fully saturated rings. The summed E-state index contributed by atoms with van der Waals surface area (Å²) >= 11 is 19.0. The van der Waals surface area contributed by atoms with Gasteiger partial charge in [-0.2, -0.15) is 0 Å². The molecule has 1 atom stereocenters. The van der Waals surface area contributed by atoms with Gasteiger partial charge in [0.2, 0.25) is 11.8 Å². The van der Waals surface area contributed by atoms with Crippen LogP contribution in [-0.4, -0.2) is 43.3 Å². The Labute approximate surface area is 251 Å². The Kier molecular flexibility index (Phi) is 10.2. The van der Waals surface area contributed by atoms with Crippen molar-refractivity contribution < 1.29 is 18.0 Å². The number of nitrogens with one attached hydrogen (secondary N) is 1. The molecule has 0 unspecified atom stereocenters. The zero-order valence-electron chi connectivity index (χ0n) is 22.9. The largest absolute Gasteiger partial charge is 0.350 e. The highest BCUT2D eigenvalue weighted by molar-refractivity contribution is 7.92. The normalized spacial score (nSPS) is 12.5. The summed E-state index contributed by atoms with van der Waals surface area (Å²) < 4.78 is 28.8. The highest BCUT2D eigenvalue weighted by Crippen LogP contribution is 2.33. The first-order valence-corrected chi connectivity index (χ1v) is 15.1. The molecule has 0 saturated heterocycles. The van der Waals surface area contributed by atoms with Crippen molar-refractivity contribution >= 4 is 62.3 Å². The van der Waals surface area contributed by atoms with Crippen LogP contribution in [0, 0.1) is 6.92 Å². The first-order chi connectivity index (χ1) is 18.6. The number of nitrogens with zero attached hydrogens (tertiary/aromatic N) is 2. The molecule has 1 N–H and O–H groups in total. The quantitative estimate of drug-likeness (QED) is 0.295. The van der Waals surface area contributed by atoms with Crippen LogP contribution in [0.25, 0.3) is 0 Å². The number of hydrogen-bond donors (Lipinski definition) is 1. The minimum Gasteiger partial charge on any atom is -0.350 e. The second kappa shape index (κ2) is 12.8. The average Bonchev–Trinajstić information content (AvgIpc) is 2.87. The van der Waals surface area contributed by atoms with Gasteiger partial charge in [-0.05, 0) is 76.6 Å². The molecule has 3 rings (SSSR count). The van der Waals surface area contributed by atoms with Crippen LogP contribution in [-0.2, 0) is 26.2 Å². The first-order valence-electron chi connectivity index (χ1n) is 12.5. The van der Waals surface area contributed by atoms with Crippen LogP contribution in [0.1, 0.15) is 38.8 Å². The monoisotopic (exact) mass is 623 g/mol. The number of amides is 2. The average molecular weight is 625 g/mol. The predicted molar refractivity (Wildman–Crippen MR) is 162 cm³/mol. The van der Waals surface area contributed by atoms with Crippen LogP contribution in [0.4, 0.5) is 5.69 Å². The van der Waals surface area contributed by atoms with Crippen molar-refractivity contribution in [3.05, 3.63) is 92.9 Å². The highest BCUT2D eigenvalue weighted by atomic mass is 35.5. The standard InChI is InChI=1S/C29H32Cl3N3O4S/c1-19-10-13-23(14-11-19)40(38,39)35(26-16-22(30)12-15-25(26)32)18-27(36)34(17-21-8-6-7-9-24(21)31)20(2)28(37)33-29(3,4)5/h6-16,20H,17-18H2,1-5H3,(H,33,37)/t20-/m0/s1. The number of hydrogen-bond acceptors (Lipinski definition) is 4. The molecule has 3 aromatic carbocycles. The van der Waals surface area contributed by atoms with Crippen molar-refractivity contribution in [2.24, 2.45) is 0 Å². The Morgan fingerprint density at radius 1 is 0.925 bits per heavy atom. The maximum atomic E-state index is 14.0. The molecule has 214 valence electrons. The summed E-state index contributed by atoms with van der Waals surface area (Å²) in [5, 5.41) is 3.61. The Morgan fingerprint density at radius 2 is 1.55 bits per heavy atom. The molecule has 0 heterocycles. The number of carbonyl (C=O) groups excluding carboxylic acids is 2. The Bertz CT molecular complexity index is 1490. The van der Waals surface area contributed by atoms with E-state index in [2.05, 4.69) is 5.32 Å². The second-order valence-corrected chi connectivity index (χ2v) is 13.6. The molecular formula is C29H32Cl3N3O4S. The SMILES string of the molecule is Cc1ccc(S(=O)(=O)N(CC(=O)N(Cc2ccccc2Cl)[C@@H](C)C(=O)NC(C)(C)C)c2cc(Cl)ccc2Cl)cc1. The van der Waals surface area contributed by atoms with Crippen molar-refractivity contribution in [2.45, 2.75) is 57.6 Å². The number of carbonyl (C=O) groups is 2. The Hall–Kier alpha value is -2.78. The van der Waals surface area contributed by atoms with Crippen molar-refractivity contribution in [1.29, 1.82) is 0 Å². The third-order valence-corrected chi connectivity index (χ3v) is 8.73. The number of rotatable bonds is 9. The van der Waals surface area contributed by atoms with E-state index in [-0.39, 0.29) is 27.2 Å². The van der Waals surface area contributed by atoms with E-state index in [1.54, 1.807) is 43.3 Å². The molecule has 0 aromatic heterocycles. The highest BCUT2D eigenvalue weighted by Gasteiger charge is 2.34. The van der Waals surface area contributed by atoms with E-state index in [0.29, 0.717) is 10.6 Å². The molecule has 3 aromatic rings. The fourth-order valence-electron chi connectivity index (χ4n) is 3.89. The third-order valence-electron chi connectivity index (χ3n) is 6.03. The number of sulfonamides is 1. The summed E-state index contributed by atoms with van der Waals surface area (Å²) in [5.74, 6) is -1.04. The minimum atomic E-state index is -4.28. The molecule has 0 spiro atoms. The molecule has 2 amide bonds. The zero-order valence-corrected chi connectivity index (χ0v) is 26.0. The van der Waals surface area contributed by atoms with Gasteiger partial charge >= 0.3 is 0 Å². The van der Waals surface area contributed by atoms with E-state index in [4.69, 9.17) is 34.8 Å². The van der Waals surface area contributed by atoms with Crippen LogP contribution >= 0.6 is 34.8 Å². The summed E-state index contributed by atoms with van der Waals surface area (Å²) in [7, 11) is -4.28. The predicted octanol–water partition coefficient (Wildman–Crippen LogP) is 6.48. The molecule has 0 bridgehead atoms. The van der Waals surface area contributed by atoms with Gasteiger partial charge in [0.05, 0.1) is 15.6 Å². The minimum absolute atomic E-state index is 0.0288. The molecule has 0 aliphatic heterocycles. The van der Waals surface area contributed by atoms with Crippen LogP contribution in [0.5, 0.6) is 0 Å². The lowest BCUT2D eigenvalue weighted by Gasteiger charge is -2.33.